The van der Waals surface area contributed by atoms with E-state index < -0.39 is 27.9 Å². The first-order valence-electron chi connectivity index (χ1n) is 6.30. The molecule has 0 radical (unpaired) electrons. The number of nitro groups is 1. The van der Waals surface area contributed by atoms with Crippen LogP contribution < -0.4 is 5.32 Å². The molecular formula is C14H13FN2O4S. The fourth-order valence-electron chi connectivity index (χ4n) is 1.87. The molecule has 8 heteroatoms. The molecule has 0 aliphatic rings. The van der Waals surface area contributed by atoms with Gasteiger partial charge in [0.25, 0.3) is 11.6 Å². The summed E-state index contributed by atoms with van der Waals surface area (Å²) < 4.78 is 13.2. The zero-order valence-electron chi connectivity index (χ0n) is 11.6. The average Bonchev–Trinajstić information content (AvgIpc) is 2.99. The minimum atomic E-state index is -1.31. The lowest BCUT2D eigenvalue weighted by molar-refractivity contribution is -0.385. The summed E-state index contributed by atoms with van der Waals surface area (Å²) in [6.07, 6.45) is 0. The number of hydrogen-bond donors (Lipinski definition) is 2. The van der Waals surface area contributed by atoms with E-state index in [2.05, 4.69) is 5.32 Å². The number of nitrogens with one attached hydrogen (secondary N) is 1. The molecular weight excluding hydrogens is 311 g/mol. The molecule has 0 aliphatic heterocycles. The van der Waals surface area contributed by atoms with Crippen LogP contribution in [0.15, 0.2) is 35.7 Å². The number of benzene rings is 1. The van der Waals surface area contributed by atoms with Gasteiger partial charge in [-0.15, -0.1) is 11.3 Å². The molecule has 1 atom stereocenters. The van der Waals surface area contributed by atoms with E-state index in [1.165, 1.54) is 18.3 Å². The van der Waals surface area contributed by atoms with Crippen LogP contribution in [0.3, 0.4) is 0 Å². The number of thiophene rings is 1. The van der Waals surface area contributed by atoms with Crippen molar-refractivity contribution in [3.05, 3.63) is 62.1 Å². The summed E-state index contributed by atoms with van der Waals surface area (Å²) in [5.41, 5.74) is -2.19. The van der Waals surface area contributed by atoms with Gasteiger partial charge >= 0.3 is 0 Å². The third-order valence-corrected chi connectivity index (χ3v) is 4.17. The molecule has 0 saturated heterocycles. The molecule has 2 aromatic rings. The topological polar surface area (TPSA) is 92.5 Å². The van der Waals surface area contributed by atoms with E-state index in [9.17, 15) is 24.4 Å². The number of aliphatic hydroxyl groups is 1. The summed E-state index contributed by atoms with van der Waals surface area (Å²) in [5.74, 6) is -1.57. The number of hydrogen-bond acceptors (Lipinski definition) is 5. The minimum Gasteiger partial charge on any atom is -0.383 e. The van der Waals surface area contributed by atoms with Gasteiger partial charge in [-0.2, -0.15) is 0 Å². The fraction of sp³-hybridized carbons (Fsp3) is 0.214. The van der Waals surface area contributed by atoms with Crippen molar-refractivity contribution in [1.82, 2.24) is 5.32 Å². The van der Waals surface area contributed by atoms with Crippen molar-refractivity contribution in [2.24, 2.45) is 0 Å². The molecule has 0 saturated carbocycles. The molecule has 1 amide bonds. The molecule has 1 aromatic carbocycles. The monoisotopic (exact) mass is 324 g/mol. The van der Waals surface area contributed by atoms with Gasteiger partial charge in [-0.25, -0.2) is 4.39 Å². The molecule has 1 heterocycles. The van der Waals surface area contributed by atoms with Crippen molar-refractivity contribution >= 4 is 22.9 Å². The quantitative estimate of drug-likeness (QED) is 0.652. The Morgan fingerprint density at radius 3 is 2.82 bits per heavy atom. The Labute approximate surface area is 129 Å². The lowest BCUT2D eigenvalue weighted by atomic mass is 10.0. The Hall–Kier alpha value is -2.32. The molecule has 0 aliphatic carbocycles. The summed E-state index contributed by atoms with van der Waals surface area (Å²) in [7, 11) is 0. The van der Waals surface area contributed by atoms with Crippen LogP contribution in [-0.4, -0.2) is 22.5 Å². The van der Waals surface area contributed by atoms with Crippen LogP contribution in [0.5, 0.6) is 0 Å². The van der Waals surface area contributed by atoms with Crippen LogP contribution in [0.2, 0.25) is 0 Å². The predicted molar refractivity (Wildman–Crippen MR) is 79.3 cm³/mol. The molecule has 0 unspecified atom stereocenters. The van der Waals surface area contributed by atoms with Gasteiger partial charge in [0.1, 0.15) is 17.0 Å². The van der Waals surface area contributed by atoms with Crippen LogP contribution in [0.25, 0.3) is 0 Å². The molecule has 2 rings (SSSR count). The van der Waals surface area contributed by atoms with E-state index in [0.29, 0.717) is 4.88 Å². The normalized spacial score (nSPS) is 13.4. The highest BCUT2D eigenvalue weighted by Gasteiger charge is 2.27. The molecule has 6 nitrogen and oxygen atoms in total. The standard InChI is InChI=1S/C14H13FN2O4S/c1-14(19,12-3-2-6-22-12)8-16-13(18)10-7-9(15)4-5-11(10)17(20)21/h2-7,19H,8H2,1H3,(H,16,18)/t14-/m1/s1. The Kier molecular flexibility index (Phi) is 4.53. The van der Waals surface area contributed by atoms with E-state index in [1.807, 2.05) is 0 Å². The Bertz CT molecular complexity index is 701. The van der Waals surface area contributed by atoms with Gasteiger partial charge in [0, 0.05) is 10.9 Å². The van der Waals surface area contributed by atoms with Crippen LogP contribution in [0.4, 0.5) is 10.1 Å². The molecule has 116 valence electrons. The first-order chi connectivity index (χ1) is 10.3. The van der Waals surface area contributed by atoms with Crippen LogP contribution >= 0.6 is 11.3 Å². The van der Waals surface area contributed by atoms with E-state index in [1.54, 1.807) is 17.5 Å². The van der Waals surface area contributed by atoms with Crippen LogP contribution in [0, 0.1) is 15.9 Å². The summed E-state index contributed by atoms with van der Waals surface area (Å²) in [4.78, 5) is 22.8. The van der Waals surface area contributed by atoms with Crippen molar-refractivity contribution in [2.45, 2.75) is 12.5 Å². The lowest BCUT2D eigenvalue weighted by Crippen LogP contribution is -2.38. The highest BCUT2D eigenvalue weighted by molar-refractivity contribution is 7.10. The van der Waals surface area contributed by atoms with Gasteiger partial charge in [-0.05, 0) is 30.5 Å². The fourth-order valence-corrected chi connectivity index (χ4v) is 2.66. The molecule has 0 spiro atoms. The molecule has 2 N–H and O–H groups in total. The molecule has 1 aromatic heterocycles. The summed E-state index contributed by atoms with van der Waals surface area (Å²) >= 11 is 1.32. The average molecular weight is 324 g/mol. The van der Waals surface area contributed by atoms with Crippen LogP contribution in [0.1, 0.15) is 22.2 Å². The molecule has 22 heavy (non-hydrogen) atoms. The highest BCUT2D eigenvalue weighted by atomic mass is 32.1. The highest BCUT2D eigenvalue weighted by Crippen LogP contribution is 2.25. The van der Waals surface area contributed by atoms with E-state index in [4.69, 9.17) is 0 Å². The van der Waals surface area contributed by atoms with Gasteiger partial charge in [-0.1, -0.05) is 6.07 Å². The third kappa shape index (κ3) is 3.46. The number of halogens is 1. The third-order valence-electron chi connectivity index (χ3n) is 3.05. The zero-order valence-corrected chi connectivity index (χ0v) is 12.4. The zero-order chi connectivity index (χ0) is 16.3. The number of carbonyl (C=O) groups excluding carboxylic acids is 1. The van der Waals surface area contributed by atoms with E-state index in [-0.39, 0.29) is 12.1 Å². The van der Waals surface area contributed by atoms with Crippen LogP contribution in [-0.2, 0) is 5.60 Å². The van der Waals surface area contributed by atoms with Crippen molar-refractivity contribution in [3.8, 4) is 0 Å². The lowest BCUT2D eigenvalue weighted by Gasteiger charge is -2.22. The minimum absolute atomic E-state index is 0.153. The van der Waals surface area contributed by atoms with Gasteiger partial charge in [-0.3, -0.25) is 14.9 Å². The van der Waals surface area contributed by atoms with E-state index >= 15 is 0 Å². The second-order valence-electron chi connectivity index (χ2n) is 4.85. The molecule has 0 bridgehead atoms. The maximum absolute atomic E-state index is 13.2. The van der Waals surface area contributed by atoms with Crippen molar-refractivity contribution in [3.63, 3.8) is 0 Å². The second-order valence-corrected chi connectivity index (χ2v) is 5.80. The maximum Gasteiger partial charge on any atom is 0.282 e. The largest absolute Gasteiger partial charge is 0.383 e. The Balaban J connectivity index is 2.16. The van der Waals surface area contributed by atoms with E-state index in [0.717, 1.165) is 18.2 Å². The number of rotatable bonds is 5. The van der Waals surface area contributed by atoms with Crippen molar-refractivity contribution in [1.29, 1.82) is 0 Å². The summed E-state index contributed by atoms with van der Waals surface area (Å²) in [5, 5.41) is 25.3. The van der Waals surface area contributed by atoms with Crippen molar-refractivity contribution in [2.75, 3.05) is 6.54 Å². The first kappa shape index (κ1) is 16.1. The van der Waals surface area contributed by atoms with Crippen molar-refractivity contribution < 1.29 is 19.2 Å². The number of carbonyl (C=O) groups is 1. The SMILES string of the molecule is C[C@@](O)(CNC(=O)c1cc(F)ccc1[N+](=O)[O-])c1cccs1. The second kappa shape index (κ2) is 6.20. The first-order valence-corrected chi connectivity index (χ1v) is 7.18. The van der Waals surface area contributed by atoms with Gasteiger partial charge in [0.15, 0.2) is 0 Å². The van der Waals surface area contributed by atoms with Gasteiger partial charge < -0.3 is 10.4 Å². The smallest absolute Gasteiger partial charge is 0.282 e. The summed E-state index contributed by atoms with van der Waals surface area (Å²) in [6, 6.07) is 6.11. The number of amides is 1. The summed E-state index contributed by atoms with van der Waals surface area (Å²) in [6.45, 7) is 1.36. The number of nitro benzene ring substituents is 1. The van der Waals surface area contributed by atoms with Gasteiger partial charge in [0.05, 0.1) is 11.5 Å². The Morgan fingerprint density at radius 1 is 1.50 bits per heavy atom. The Morgan fingerprint density at radius 2 is 2.23 bits per heavy atom. The van der Waals surface area contributed by atoms with Gasteiger partial charge in [0.2, 0.25) is 0 Å². The predicted octanol–water partition coefficient (Wildman–Crippen LogP) is 2.43. The number of nitrogens with zero attached hydrogens (tertiary/aromatic N) is 1. The maximum atomic E-state index is 13.2. The molecule has 0 fully saturated rings.